The fourth-order valence-corrected chi connectivity index (χ4v) is 8.22. The second-order valence-electron chi connectivity index (χ2n) is 12.8. The molecule has 3 aromatic heterocycles. The molecule has 0 spiro atoms. The zero-order valence-corrected chi connectivity index (χ0v) is 25.9. The molecule has 48 heavy (non-hydrogen) atoms. The van der Waals surface area contributed by atoms with Crippen LogP contribution in [0, 0.1) is 0 Å². The number of benzene rings is 7. The average Bonchev–Trinajstić information content (AvgIpc) is 3.63. The third-order valence-electron chi connectivity index (χ3n) is 10.2. The van der Waals surface area contributed by atoms with Crippen molar-refractivity contribution in [1.29, 1.82) is 0 Å². The van der Waals surface area contributed by atoms with Crippen molar-refractivity contribution in [2.24, 2.45) is 0 Å². The lowest BCUT2D eigenvalue weighted by Gasteiger charge is -2.13. The Morgan fingerprint density at radius 3 is 1.98 bits per heavy atom. The van der Waals surface area contributed by atoms with Crippen molar-refractivity contribution in [1.82, 2.24) is 14.1 Å². The molecule has 0 N–H and O–H groups in total. The summed E-state index contributed by atoms with van der Waals surface area (Å²) in [6, 6.07) is 59.5. The molecule has 0 unspecified atom stereocenters. The van der Waals surface area contributed by atoms with Gasteiger partial charge >= 0.3 is 0 Å². The summed E-state index contributed by atoms with van der Waals surface area (Å²) >= 11 is 0. The first-order chi connectivity index (χ1) is 23.8. The van der Waals surface area contributed by atoms with Crippen LogP contribution in [0.4, 0.5) is 0 Å². The topological polar surface area (TPSA) is 22.8 Å². The van der Waals surface area contributed by atoms with Crippen molar-refractivity contribution in [3.05, 3.63) is 164 Å². The maximum absolute atomic E-state index is 5.39. The summed E-state index contributed by atoms with van der Waals surface area (Å²) in [5.41, 5.74) is 14.2. The number of para-hydroxylation sites is 4. The van der Waals surface area contributed by atoms with Gasteiger partial charge in [-0.3, -0.25) is 4.57 Å². The standard InChI is InChI=1S/C45H27N3/c1-2-13-30(14-3-1)47-40-22-9-7-17-34(40)37-26-28(24-25-41(37)47)31-18-11-23-42-43(31)36-20-10-19-35-32-15-5-6-16-33(32)38-27-29-12-4-8-21-39(29)46-45(38)48(42)44(35)36/h1-27H. The fourth-order valence-electron chi connectivity index (χ4n) is 8.22. The molecule has 11 rings (SSSR count). The Bertz CT molecular complexity index is 2940. The summed E-state index contributed by atoms with van der Waals surface area (Å²) in [6.07, 6.45) is 0. The quantitative estimate of drug-likeness (QED) is 0.191. The third kappa shape index (κ3) is 3.40. The zero-order valence-electron chi connectivity index (χ0n) is 25.9. The first kappa shape index (κ1) is 25.7. The summed E-state index contributed by atoms with van der Waals surface area (Å²) in [5, 5.41) is 6.14. The molecule has 0 radical (unpaired) electrons. The van der Waals surface area contributed by atoms with Crippen LogP contribution in [0.1, 0.15) is 0 Å². The van der Waals surface area contributed by atoms with Gasteiger partial charge in [-0.2, -0.15) is 0 Å². The maximum atomic E-state index is 5.39. The number of aromatic nitrogens is 3. The number of rotatable bonds is 2. The van der Waals surface area contributed by atoms with E-state index in [1.165, 1.54) is 77.1 Å². The van der Waals surface area contributed by atoms with Gasteiger partial charge in [0.25, 0.3) is 0 Å². The van der Waals surface area contributed by atoms with E-state index in [-0.39, 0.29) is 0 Å². The van der Waals surface area contributed by atoms with E-state index in [4.69, 9.17) is 4.98 Å². The lowest BCUT2D eigenvalue weighted by atomic mass is 9.93. The Morgan fingerprint density at radius 1 is 0.396 bits per heavy atom. The molecular weight excluding hydrogens is 583 g/mol. The SMILES string of the molecule is c1ccc(-n2c3ccccc3c3cc(-c4cccc5c4c4cccc6c4n5-c4nc5ccccc5cc4-c4ccccc4-6)ccc32)cc1. The number of nitrogens with zero attached hydrogens (tertiary/aromatic N) is 3. The van der Waals surface area contributed by atoms with Crippen molar-refractivity contribution in [2.75, 3.05) is 0 Å². The van der Waals surface area contributed by atoms with Gasteiger partial charge < -0.3 is 4.57 Å². The molecule has 7 aromatic carbocycles. The van der Waals surface area contributed by atoms with Gasteiger partial charge in [-0.25, -0.2) is 4.98 Å². The summed E-state index contributed by atoms with van der Waals surface area (Å²) in [5.74, 6) is 0.977. The van der Waals surface area contributed by atoms with Crippen molar-refractivity contribution in [3.8, 4) is 44.9 Å². The van der Waals surface area contributed by atoms with Gasteiger partial charge in [-0.15, -0.1) is 0 Å². The number of hydrogen-bond acceptors (Lipinski definition) is 1. The van der Waals surface area contributed by atoms with Crippen molar-refractivity contribution >= 4 is 54.5 Å². The van der Waals surface area contributed by atoms with Crippen LogP contribution in [0.15, 0.2) is 164 Å². The van der Waals surface area contributed by atoms with E-state index >= 15 is 0 Å². The highest BCUT2D eigenvalue weighted by atomic mass is 15.1. The maximum Gasteiger partial charge on any atom is 0.146 e. The largest absolute Gasteiger partial charge is 0.309 e. The molecule has 0 fully saturated rings. The summed E-state index contributed by atoms with van der Waals surface area (Å²) in [6.45, 7) is 0. The van der Waals surface area contributed by atoms with Crippen LogP contribution >= 0.6 is 0 Å². The average molecular weight is 610 g/mol. The normalized spacial score (nSPS) is 12.2. The van der Waals surface area contributed by atoms with E-state index in [2.05, 4.69) is 173 Å². The molecule has 0 amide bonds. The minimum atomic E-state index is 0.977. The lowest BCUT2D eigenvalue weighted by molar-refractivity contribution is 1.11. The molecule has 3 heteroatoms. The van der Waals surface area contributed by atoms with Crippen molar-refractivity contribution in [2.45, 2.75) is 0 Å². The zero-order chi connectivity index (χ0) is 31.3. The molecule has 0 saturated carbocycles. The molecule has 4 heterocycles. The van der Waals surface area contributed by atoms with Gasteiger partial charge in [0, 0.05) is 43.7 Å². The molecular formula is C45H27N3. The van der Waals surface area contributed by atoms with Crippen molar-refractivity contribution in [3.63, 3.8) is 0 Å². The van der Waals surface area contributed by atoms with Crippen LogP contribution in [0.25, 0.3) is 99.4 Å². The fraction of sp³-hybridized carbons (Fsp3) is 0. The molecule has 1 aliphatic rings. The Kier molecular flexibility index (Phi) is 5.11. The molecule has 222 valence electrons. The molecule has 1 aliphatic heterocycles. The highest BCUT2D eigenvalue weighted by Crippen LogP contribution is 2.48. The Morgan fingerprint density at radius 2 is 1.06 bits per heavy atom. The molecule has 0 saturated heterocycles. The molecule has 10 aromatic rings. The van der Waals surface area contributed by atoms with E-state index in [0.717, 1.165) is 22.3 Å². The minimum absolute atomic E-state index is 0.977. The van der Waals surface area contributed by atoms with Gasteiger partial charge in [0.05, 0.1) is 27.6 Å². The second kappa shape index (κ2) is 9.54. The third-order valence-corrected chi connectivity index (χ3v) is 10.2. The Labute approximate surface area is 276 Å². The smallest absolute Gasteiger partial charge is 0.146 e. The predicted molar refractivity (Wildman–Crippen MR) is 200 cm³/mol. The van der Waals surface area contributed by atoms with Crippen molar-refractivity contribution < 1.29 is 0 Å². The minimum Gasteiger partial charge on any atom is -0.309 e. The highest BCUT2D eigenvalue weighted by molar-refractivity contribution is 6.21. The van der Waals surface area contributed by atoms with Gasteiger partial charge in [0.1, 0.15) is 5.82 Å². The molecule has 3 nitrogen and oxygen atoms in total. The monoisotopic (exact) mass is 609 g/mol. The van der Waals surface area contributed by atoms with E-state index in [1.54, 1.807) is 0 Å². The van der Waals surface area contributed by atoms with Crippen LogP contribution in [0.5, 0.6) is 0 Å². The number of fused-ring (bicyclic) bond motifs is 12. The first-order valence-corrected chi connectivity index (χ1v) is 16.5. The molecule has 0 aliphatic carbocycles. The van der Waals surface area contributed by atoms with Crippen LogP contribution in [-0.2, 0) is 0 Å². The van der Waals surface area contributed by atoms with Gasteiger partial charge in [0.2, 0.25) is 0 Å². The van der Waals surface area contributed by atoms with Gasteiger partial charge in [-0.05, 0) is 70.8 Å². The highest BCUT2D eigenvalue weighted by Gasteiger charge is 2.27. The van der Waals surface area contributed by atoms with Crippen LogP contribution in [-0.4, -0.2) is 14.1 Å². The molecule has 0 bridgehead atoms. The van der Waals surface area contributed by atoms with E-state index in [9.17, 15) is 0 Å². The predicted octanol–water partition coefficient (Wildman–Crippen LogP) is 11.7. The summed E-state index contributed by atoms with van der Waals surface area (Å²) in [7, 11) is 0. The molecule has 0 atom stereocenters. The lowest BCUT2D eigenvalue weighted by Crippen LogP contribution is -2.00. The van der Waals surface area contributed by atoms with Crippen LogP contribution in [0.2, 0.25) is 0 Å². The van der Waals surface area contributed by atoms with Crippen LogP contribution in [0.3, 0.4) is 0 Å². The summed E-state index contributed by atoms with van der Waals surface area (Å²) < 4.78 is 4.80. The van der Waals surface area contributed by atoms with Gasteiger partial charge in [-0.1, -0.05) is 115 Å². The van der Waals surface area contributed by atoms with Crippen LogP contribution < -0.4 is 0 Å². The second-order valence-corrected chi connectivity index (χ2v) is 12.8. The van der Waals surface area contributed by atoms with E-state index in [1.807, 2.05) is 0 Å². The number of hydrogen-bond donors (Lipinski definition) is 0. The Balaban J connectivity index is 1.25. The van der Waals surface area contributed by atoms with E-state index < -0.39 is 0 Å². The Hall–Kier alpha value is -6.45. The van der Waals surface area contributed by atoms with E-state index in [0.29, 0.717) is 0 Å². The number of pyridine rings is 1. The first-order valence-electron chi connectivity index (χ1n) is 16.5. The summed E-state index contributed by atoms with van der Waals surface area (Å²) in [4.78, 5) is 5.39. The van der Waals surface area contributed by atoms with Gasteiger partial charge in [0.15, 0.2) is 0 Å².